The van der Waals surface area contributed by atoms with Crippen molar-refractivity contribution < 1.29 is 14.0 Å². The predicted molar refractivity (Wildman–Crippen MR) is 81.9 cm³/mol. The molecule has 2 amide bonds. The summed E-state index contributed by atoms with van der Waals surface area (Å²) < 4.78 is 14.7. The van der Waals surface area contributed by atoms with E-state index < -0.39 is 12.0 Å². The SMILES string of the molecule is CN1C(=O)C[C@@H](C(=O)Nc2cnn(C)c2)[C@H]1c1ccc(F)cc1. The Morgan fingerprint density at radius 2 is 2.00 bits per heavy atom. The van der Waals surface area contributed by atoms with Gasteiger partial charge in [0.05, 0.1) is 23.8 Å². The topological polar surface area (TPSA) is 67.2 Å². The molecule has 6 nitrogen and oxygen atoms in total. The molecule has 2 atom stereocenters. The van der Waals surface area contributed by atoms with E-state index in [1.165, 1.54) is 12.1 Å². The van der Waals surface area contributed by atoms with E-state index in [9.17, 15) is 14.0 Å². The average Bonchev–Trinajstić information content (AvgIpc) is 3.05. The van der Waals surface area contributed by atoms with Crippen molar-refractivity contribution in [3.05, 3.63) is 48.0 Å². The van der Waals surface area contributed by atoms with E-state index >= 15 is 0 Å². The molecule has 1 aliphatic heterocycles. The molecule has 0 unspecified atom stereocenters. The highest BCUT2D eigenvalue weighted by Gasteiger charge is 2.42. The number of anilines is 1. The molecule has 1 saturated heterocycles. The van der Waals surface area contributed by atoms with E-state index in [1.54, 1.807) is 48.2 Å². The van der Waals surface area contributed by atoms with E-state index in [0.717, 1.165) is 5.56 Å². The maximum absolute atomic E-state index is 13.1. The fraction of sp³-hybridized carbons (Fsp3) is 0.312. The van der Waals surface area contributed by atoms with Crippen LogP contribution >= 0.6 is 0 Å². The fourth-order valence-corrected chi connectivity index (χ4v) is 2.94. The van der Waals surface area contributed by atoms with Crippen LogP contribution in [0.5, 0.6) is 0 Å². The Kier molecular flexibility index (Phi) is 3.85. The summed E-state index contributed by atoms with van der Waals surface area (Å²) in [6.45, 7) is 0. The van der Waals surface area contributed by atoms with Gasteiger partial charge in [0.2, 0.25) is 11.8 Å². The lowest BCUT2D eigenvalue weighted by atomic mass is 9.93. The van der Waals surface area contributed by atoms with Crippen molar-refractivity contribution in [1.82, 2.24) is 14.7 Å². The van der Waals surface area contributed by atoms with E-state index in [-0.39, 0.29) is 24.1 Å². The quantitative estimate of drug-likeness (QED) is 0.937. The summed E-state index contributed by atoms with van der Waals surface area (Å²) in [6, 6.07) is 5.49. The van der Waals surface area contributed by atoms with E-state index in [4.69, 9.17) is 0 Å². The van der Waals surface area contributed by atoms with Crippen LogP contribution < -0.4 is 5.32 Å². The van der Waals surface area contributed by atoms with Crippen molar-refractivity contribution >= 4 is 17.5 Å². The molecule has 0 spiro atoms. The van der Waals surface area contributed by atoms with Crippen LogP contribution in [0.3, 0.4) is 0 Å². The summed E-state index contributed by atoms with van der Waals surface area (Å²) in [5.41, 5.74) is 1.32. The number of nitrogens with zero attached hydrogens (tertiary/aromatic N) is 3. The van der Waals surface area contributed by atoms with Gasteiger partial charge in [0.25, 0.3) is 0 Å². The molecule has 1 aliphatic rings. The summed E-state index contributed by atoms with van der Waals surface area (Å²) in [6.07, 6.45) is 3.36. The molecule has 23 heavy (non-hydrogen) atoms. The van der Waals surface area contributed by atoms with Crippen molar-refractivity contribution in [2.45, 2.75) is 12.5 Å². The molecule has 0 radical (unpaired) electrons. The third-order valence-corrected chi connectivity index (χ3v) is 4.11. The first-order valence-corrected chi connectivity index (χ1v) is 7.26. The number of hydrogen-bond acceptors (Lipinski definition) is 3. The first-order valence-electron chi connectivity index (χ1n) is 7.26. The van der Waals surface area contributed by atoms with Crippen molar-refractivity contribution in [2.24, 2.45) is 13.0 Å². The van der Waals surface area contributed by atoms with Crippen LogP contribution in [0.4, 0.5) is 10.1 Å². The molecule has 2 aromatic rings. The summed E-state index contributed by atoms with van der Waals surface area (Å²) in [5, 5.41) is 6.78. The Labute approximate surface area is 132 Å². The highest BCUT2D eigenvalue weighted by atomic mass is 19.1. The predicted octanol–water partition coefficient (Wildman–Crippen LogP) is 1.72. The Balaban J connectivity index is 1.85. The molecule has 1 aromatic heterocycles. The van der Waals surface area contributed by atoms with Crippen molar-refractivity contribution in [3.8, 4) is 0 Å². The Hall–Kier alpha value is -2.70. The van der Waals surface area contributed by atoms with E-state index in [2.05, 4.69) is 10.4 Å². The zero-order chi connectivity index (χ0) is 16.6. The Morgan fingerprint density at radius 1 is 1.30 bits per heavy atom. The van der Waals surface area contributed by atoms with Crippen LogP contribution in [-0.4, -0.2) is 33.5 Å². The molecule has 1 N–H and O–H groups in total. The minimum atomic E-state index is -0.529. The van der Waals surface area contributed by atoms with Gasteiger partial charge in [-0.3, -0.25) is 14.3 Å². The van der Waals surface area contributed by atoms with Crippen LogP contribution in [-0.2, 0) is 16.6 Å². The standard InChI is InChI=1S/C16H17FN4O2/c1-20-9-12(8-18-20)19-16(23)13-7-14(22)21(2)15(13)10-3-5-11(17)6-4-10/h3-6,8-9,13,15H,7H2,1-2H3,(H,19,23)/t13-,15-/m1/s1. The molecule has 7 heteroatoms. The number of halogens is 1. The molecule has 1 fully saturated rings. The highest BCUT2D eigenvalue weighted by Crippen LogP contribution is 2.37. The summed E-state index contributed by atoms with van der Waals surface area (Å²) in [5.74, 6) is -1.23. The van der Waals surface area contributed by atoms with Crippen LogP contribution in [0.1, 0.15) is 18.0 Å². The van der Waals surface area contributed by atoms with Gasteiger partial charge in [-0.15, -0.1) is 0 Å². The van der Waals surface area contributed by atoms with Gasteiger partial charge in [0.1, 0.15) is 5.82 Å². The molecule has 1 aromatic carbocycles. The first kappa shape index (κ1) is 15.2. The summed E-state index contributed by atoms with van der Waals surface area (Å²) >= 11 is 0. The monoisotopic (exact) mass is 316 g/mol. The largest absolute Gasteiger partial charge is 0.338 e. The van der Waals surface area contributed by atoms with Crippen molar-refractivity contribution in [3.63, 3.8) is 0 Å². The number of rotatable bonds is 3. The number of amides is 2. The lowest BCUT2D eigenvalue weighted by molar-refractivity contribution is -0.127. The molecule has 120 valence electrons. The molecule has 0 aliphatic carbocycles. The van der Waals surface area contributed by atoms with E-state index in [0.29, 0.717) is 5.69 Å². The third-order valence-electron chi connectivity index (χ3n) is 4.11. The van der Waals surface area contributed by atoms with Gasteiger partial charge in [-0.2, -0.15) is 5.10 Å². The Morgan fingerprint density at radius 3 is 2.61 bits per heavy atom. The number of aromatic nitrogens is 2. The number of aryl methyl sites for hydroxylation is 1. The number of nitrogens with one attached hydrogen (secondary N) is 1. The van der Waals surface area contributed by atoms with Gasteiger partial charge < -0.3 is 10.2 Å². The van der Waals surface area contributed by atoms with Crippen LogP contribution in [0.2, 0.25) is 0 Å². The number of carbonyl (C=O) groups is 2. The van der Waals surface area contributed by atoms with Crippen LogP contribution in [0, 0.1) is 11.7 Å². The smallest absolute Gasteiger partial charge is 0.230 e. The summed E-state index contributed by atoms with van der Waals surface area (Å²) in [7, 11) is 3.41. The fourth-order valence-electron chi connectivity index (χ4n) is 2.94. The van der Waals surface area contributed by atoms with Crippen molar-refractivity contribution in [2.75, 3.05) is 12.4 Å². The second-order valence-corrected chi connectivity index (χ2v) is 5.70. The lowest BCUT2D eigenvalue weighted by Gasteiger charge is -2.24. The zero-order valence-electron chi connectivity index (χ0n) is 12.9. The number of benzene rings is 1. The van der Waals surface area contributed by atoms with Gasteiger partial charge in [0, 0.05) is 26.7 Å². The molecular formula is C16H17FN4O2. The number of hydrogen-bond donors (Lipinski definition) is 1. The summed E-state index contributed by atoms with van der Waals surface area (Å²) in [4.78, 5) is 26.2. The first-order chi connectivity index (χ1) is 11.0. The van der Waals surface area contributed by atoms with Crippen molar-refractivity contribution in [1.29, 1.82) is 0 Å². The minimum absolute atomic E-state index is 0.106. The second-order valence-electron chi connectivity index (χ2n) is 5.70. The third kappa shape index (κ3) is 2.94. The van der Waals surface area contributed by atoms with Crippen LogP contribution in [0.15, 0.2) is 36.7 Å². The van der Waals surface area contributed by atoms with Gasteiger partial charge in [-0.05, 0) is 17.7 Å². The molecule has 0 saturated carbocycles. The Bertz CT molecular complexity index is 741. The molecule has 2 heterocycles. The molecular weight excluding hydrogens is 299 g/mol. The van der Waals surface area contributed by atoms with Gasteiger partial charge in [-0.1, -0.05) is 12.1 Å². The minimum Gasteiger partial charge on any atom is -0.338 e. The normalized spacial score (nSPS) is 20.8. The average molecular weight is 316 g/mol. The maximum atomic E-state index is 13.1. The highest BCUT2D eigenvalue weighted by molar-refractivity contribution is 5.97. The van der Waals surface area contributed by atoms with Gasteiger partial charge in [0.15, 0.2) is 0 Å². The second kappa shape index (κ2) is 5.83. The van der Waals surface area contributed by atoms with Gasteiger partial charge in [-0.25, -0.2) is 4.39 Å². The van der Waals surface area contributed by atoms with E-state index in [1.807, 2.05) is 0 Å². The zero-order valence-corrected chi connectivity index (χ0v) is 12.9. The molecule has 3 rings (SSSR count). The number of carbonyl (C=O) groups excluding carboxylic acids is 2. The maximum Gasteiger partial charge on any atom is 0.230 e. The number of likely N-dealkylation sites (tertiary alicyclic amines) is 1. The lowest BCUT2D eigenvalue weighted by Crippen LogP contribution is -2.29. The molecule has 0 bridgehead atoms. The van der Waals surface area contributed by atoms with Crippen LogP contribution in [0.25, 0.3) is 0 Å². The van der Waals surface area contributed by atoms with Gasteiger partial charge >= 0.3 is 0 Å².